The Morgan fingerprint density at radius 2 is 2.00 bits per heavy atom. The van der Waals surface area contributed by atoms with E-state index in [1.54, 1.807) is 0 Å². The van der Waals surface area contributed by atoms with Gasteiger partial charge in [0.15, 0.2) is 0 Å². The highest BCUT2D eigenvalue weighted by Gasteiger charge is 2.17. The number of nitrogens with two attached hydrogens (primary N) is 1. The van der Waals surface area contributed by atoms with E-state index >= 15 is 0 Å². The fourth-order valence-corrected chi connectivity index (χ4v) is 1.67. The number of nitrogen functional groups attached to an aromatic ring is 1. The van der Waals surface area contributed by atoms with Crippen LogP contribution in [0, 0.1) is 11.6 Å². The highest BCUT2D eigenvalue weighted by atomic mass is 19.1. The summed E-state index contributed by atoms with van der Waals surface area (Å²) < 4.78 is 31.2. The SMILES string of the molecule is COC(=O)c1cc(N)ncc1-c1ccc(F)cc1F. The summed E-state index contributed by atoms with van der Waals surface area (Å²) in [5.41, 5.74) is 5.80. The molecule has 1 aromatic carbocycles. The highest BCUT2D eigenvalue weighted by Crippen LogP contribution is 2.27. The van der Waals surface area contributed by atoms with Crippen LogP contribution in [0.4, 0.5) is 14.6 Å². The molecule has 98 valence electrons. The first-order valence-electron chi connectivity index (χ1n) is 5.32. The quantitative estimate of drug-likeness (QED) is 0.846. The Kier molecular flexibility index (Phi) is 3.41. The normalized spacial score (nSPS) is 10.3. The predicted molar refractivity (Wildman–Crippen MR) is 65.3 cm³/mol. The molecular weight excluding hydrogens is 254 g/mol. The van der Waals surface area contributed by atoms with Crippen molar-refractivity contribution < 1.29 is 18.3 Å². The van der Waals surface area contributed by atoms with Gasteiger partial charge in [-0.3, -0.25) is 0 Å². The Bertz CT molecular complexity index is 645. The molecule has 0 spiro atoms. The second-order valence-corrected chi connectivity index (χ2v) is 3.77. The zero-order valence-electron chi connectivity index (χ0n) is 9.98. The summed E-state index contributed by atoms with van der Waals surface area (Å²) in [5.74, 6) is -2.07. The van der Waals surface area contributed by atoms with Crippen LogP contribution >= 0.6 is 0 Å². The number of halogens is 2. The van der Waals surface area contributed by atoms with E-state index in [0.29, 0.717) is 0 Å². The Labute approximate surface area is 107 Å². The lowest BCUT2D eigenvalue weighted by molar-refractivity contribution is 0.0601. The summed E-state index contributed by atoms with van der Waals surface area (Å²) in [5, 5.41) is 0. The second-order valence-electron chi connectivity index (χ2n) is 3.77. The molecule has 0 amide bonds. The van der Waals surface area contributed by atoms with Gasteiger partial charge in [-0.25, -0.2) is 18.6 Å². The van der Waals surface area contributed by atoms with Crippen LogP contribution in [-0.2, 0) is 4.74 Å². The Morgan fingerprint density at radius 1 is 1.26 bits per heavy atom. The first-order valence-corrected chi connectivity index (χ1v) is 5.32. The van der Waals surface area contributed by atoms with Crippen LogP contribution < -0.4 is 5.73 Å². The van der Waals surface area contributed by atoms with Gasteiger partial charge in [-0.1, -0.05) is 0 Å². The van der Waals surface area contributed by atoms with Crippen LogP contribution in [0.3, 0.4) is 0 Å². The fourth-order valence-electron chi connectivity index (χ4n) is 1.67. The van der Waals surface area contributed by atoms with Gasteiger partial charge < -0.3 is 10.5 Å². The van der Waals surface area contributed by atoms with Gasteiger partial charge in [0.1, 0.15) is 17.5 Å². The molecule has 1 aromatic heterocycles. The summed E-state index contributed by atoms with van der Waals surface area (Å²) in [6.45, 7) is 0. The van der Waals surface area contributed by atoms with Crippen molar-refractivity contribution in [3.63, 3.8) is 0 Å². The van der Waals surface area contributed by atoms with Crippen molar-refractivity contribution in [2.24, 2.45) is 0 Å². The van der Waals surface area contributed by atoms with Crippen LogP contribution in [0.5, 0.6) is 0 Å². The van der Waals surface area contributed by atoms with Gasteiger partial charge in [-0.15, -0.1) is 0 Å². The maximum atomic E-state index is 13.7. The maximum Gasteiger partial charge on any atom is 0.338 e. The Hall–Kier alpha value is -2.50. The average Bonchev–Trinajstić information content (AvgIpc) is 2.38. The number of nitrogens with zero attached hydrogens (tertiary/aromatic N) is 1. The molecule has 0 aliphatic heterocycles. The van der Waals surface area contributed by atoms with Crippen molar-refractivity contribution in [1.29, 1.82) is 0 Å². The third-order valence-corrected chi connectivity index (χ3v) is 2.55. The topological polar surface area (TPSA) is 65.2 Å². The number of pyridine rings is 1. The van der Waals surface area contributed by atoms with Gasteiger partial charge in [0.05, 0.1) is 12.7 Å². The summed E-state index contributed by atoms with van der Waals surface area (Å²) in [6, 6.07) is 4.33. The minimum absolute atomic E-state index is 0.0503. The molecular formula is C13H10F2N2O2. The van der Waals surface area contributed by atoms with E-state index in [9.17, 15) is 13.6 Å². The van der Waals surface area contributed by atoms with Crippen LogP contribution in [-0.4, -0.2) is 18.1 Å². The van der Waals surface area contributed by atoms with E-state index < -0.39 is 17.6 Å². The standard InChI is InChI=1S/C13H10F2N2O2/c1-19-13(18)9-5-12(16)17-6-10(9)8-3-2-7(14)4-11(8)15/h2-6H,1H3,(H2,16,17). The molecule has 0 saturated heterocycles. The smallest absolute Gasteiger partial charge is 0.338 e. The number of carbonyl (C=O) groups is 1. The molecule has 0 aliphatic rings. The molecule has 0 unspecified atom stereocenters. The number of methoxy groups -OCH3 is 1. The van der Waals surface area contributed by atoms with Crippen molar-refractivity contribution in [1.82, 2.24) is 4.98 Å². The molecule has 2 aromatic rings. The summed E-state index contributed by atoms with van der Waals surface area (Å²) in [4.78, 5) is 15.4. The lowest BCUT2D eigenvalue weighted by Crippen LogP contribution is -2.06. The minimum atomic E-state index is -0.795. The second kappa shape index (κ2) is 5.01. The third-order valence-electron chi connectivity index (χ3n) is 2.55. The Balaban J connectivity index is 2.64. The van der Waals surface area contributed by atoms with Gasteiger partial charge in [0.2, 0.25) is 0 Å². The monoisotopic (exact) mass is 264 g/mol. The first-order chi connectivity index (χ1) is 9.02. The maximum absolute atomic E-state index is 13.7. The van der Waals surface area contributed by atoms with Crippen LogP contribution in [0.15, 0.2) is 30.5 Å². The van der Waals surface area contributed by atoms with Gasteiger partial charge in [0, 0.05) is 23.4 Å². The molecule has 2 rings (SSSR count). The van der Waals surface area contributed by atoms with Gasteiger partial charge >= 0.3 is 5.97 Å². The van der Waals surface area contributed by atoms with E-state index in [-0.39, 0.29) is 22.5 Å². The number of esters is 1. The summed E-state index contributed by atoms with van der Waals surface area (Å²) in [7, 11) is 1.20. The van der Waals surface area contributed by atoms with Crippen LogP contribution in [0.1, 0.15) is 10.4 Å². The van der Waals surface area contributed by atoms with E-state index in [0.717, 1.165) is 12.1 Å². The molecule has 0 atom stereocenters. The van der Waals surface area contributed by atoms with Crippen molar-refractivity contribution in [2.45, 2.75) is 0 Å². The third kappa shape index (κ3) is 2.52. The van der Waals surface area contributed by atoms with Gasteiger partial charge in [-0.2, -0.15) is 0 Å². The largest absolute Gasteiger partial charge is 0.465 e. The lowest BCUT2D eigenvalue weighted by atomic mass is 10.0. The summed E-state index contributed by atoms with van der Waals surface area (Å²) in [6.07, 6.45) is 1.25. The molecule has 4 nitrogen and oxygen atoms in total. The zero-order valence-corrected chi connectivity index (χ0v) is 9.98. The summed E-state index contributed by atoms with van der Waals surface area (Å²) >= 11 is 0. The van der Waals surface area contributed by atoms with Crippen molar-refractivity contribution >= 4 is 11.8 Å². The number of hydrogen-bond acceptors (Lipinski definition) is 4. The lowest BCUT2D eigenvalue weighted by Gasteiger charge is -2.09. The van der Waals surface area contributed by atoms with E-state index in [1.807, 2.05) is 0 Å². The number of rotatable bonds is 2. The number of carbonyl (C=O) groups excluding carboxylic acids is 1. The van der Waals surface area contributed by atoms with E-state index in [4.69, 9.17) is 5.73 Å². The first kappa shape index (κ1) is 12.9. The number of benzene rings is 1. The number of anilines is 1. The average molecular weight is 264 g/mol. The number of hydrogen-bond donors (Lipinski definition) is 1. The van der Waals surface area contributed by atoms with Crippen LogP contribution in [0.25, 0.3) is 11.1 Å². The molecule has 0 saturated carbocycles. The molecule has 1 heterocycles. The molecule has 0 aliphatic carbocycles. The zero-order chi connectivity index (χ0) is 14.0. The van der Waals surface area contributed by atoms with Gasteiger partial charge in [0.25, 0.3) is 0 Å². The van der Waals surface area contributed by atoms with Crippen molar-refractivity contribution in [2.75, 3.05) is 12.8 Å². The molecule has 0 bridgehead atoms. The van der Waals surface area contributed by atoms with Crippen molar-refractivity contribution in [3.05, 3.63) is 47.7 Å². The van der Waals surface area contributed by atoms with E-state index in [2.05, 4.69) is 9.72 Å². The Morgan fingerprint density at radius 3 is 2.63 bits per heavy atom. The van der Waals surface area contributed by atoms with Crippen LogP contribution in [0.2, 0.25) is 0 Å². The molecule has 0 radical (unpaired) electrons. The fraction of sp³-hybridized carbons (Fsp3) is 0.0769. The predicted octanol–water partition coefficient (Wildman–Crippen LogP) is 2.40. The molecule has 6 heteroatoms. The van der Waals surface area contributed by atoms with Gasteiger partial charge in [-0.05, 0) is 18.2 Å². The molecule has 19 heavy (non-hydrogen) atoms. The molecule has 2 N–H and O–H groups in total. The molecule has 0 fully saturated rings. The minimum Gasteiger partial charge on any atom is -0.465 e. The highest BCUT2D eigenvalue weighted by molar-refractivity contribution is 5.97. The van der Waals surface area contributed by atoms with Crippen molar-refractivity contribution in [3.8, 4) is 11.1 Å². The number of aromatic nitrogens is 1. The number of ether oxygens (including phenoxy) is 1. The van der Waals surface area contributed by atoms with E-state index in [1.165, 1.54) is 25.4 Å².